The van der Waals surface area contributed by atoms with Gasteiger partial charge in [0, 0.05) is 6.42 Å². The highest BCUT2D eigenvalue weighted by molar-refractivity contribution is 5.78. The highest BCUT2D eigenvalue weighted by Crippen LogP contribution is 2.29. The summed E-state index contributed by atoms with van der Waals surface area (Å²) < 4.78 is 12.9. The number of carbonyl (C=O) groups excluding carboxylic acids is 1. The topological polar surface area (TPSA) is 64.3 Å². The summed E-state index contributed by atoms with van der Waals surface area (Å²) in [5.41, 5.74) is 0.638. The van der Waals surface area contributed by atoms with Crippen molar-refractivity contribution in [2.24, 2.45) is 0 Å². The lowest BCUT2D eigenvalue weighted by atomic mass is 9.97. The van der Waals surface area contributed by atoms with Gasteiger partial charge in [0.2, 0.25) is 5.91 Å². The molecule has 1 saturated heterocycles. The van der Waals surface area contributed by atoms with Crippen molar-refractivity contribution in [3.8, 4) is 6.07 Å². The van der Waals surface area contributed by atoms with Gasteiger partial charge in [-0.1, -0.05) is 12.1 Å². The zero-order valence-electron chi connectivity index (χ0n) is 10.4. The maximum Gasteiger partial charge on any atom is 0.224 e. The Kier molecular flexibility index (Phi) is 4.13. The maximum absolute atomic E-state index is 12.9. The molecule has 0 radical (unpaired) electrons. The third-order valence-electron chi connectivity index (χ3n) is 3.40. The summed E-state index contributed by atoms with van der Waals surface area (Å²) in [6.07, 6.45) is 1.69. The Morgan fingerprint density at radius 3 is 2.74 bits per heavy atom. The van der Waals surface area contributed by atoms with Crippen molar-refractivity contribution in [1.82, 2.24) is 4.90 Å². The Labute approximate surface area is 111 Å². The molecule has 2 rings (SSSR count). The molecule has 1 fully saturated rings. The molecule has 19 heavy (non-hydrogen) atoms. The second-order valence-electron chi connectivity index (χ2n) is 4.59. The summed E-state index contributed by atoms with van der Waals surface area (Å²) in [5.74, 6) is -0.511. The van der Waals surface area contributed by atoms with Crippen molar-refractivity contribution in [2.45, 2.75) is 31.3 Å². The molecule has 1 unspecified atom stereocenters. The minimum atomic E-state index is -0.585. The molecule has 0 aliphatic carbocycles. The number of halogens is 1. The number of hydrogen-bond donors (Lipinski definition) is 1. The summed E-state index contributed by atoms with van der Waals surface area (Å²) in [4.78, 5) is 13.4. The summed E-state index contributed by atoms with van der Waals surface area (Å²) in [6, 6.07) is 6.63. The summed E-state index contributed by atoms with van der Waals surface area (Å²) >= 11 is 0. The molecule has 0 bridgehead atoms. The first-order valence-electron chi connectivity index (χ1n) is 6.24. The summed E-state index contributed by atoms with van der Waals surface area (Å²) in [6.45, 7) is -0.282. The molecule has 1 amide bonds. The van der Waals surface area contributed by atoms with Crippen LogP contribution in [0.1, 0.15) is 30.9 Å². The van der Waals surface area contributed by atoms with E-state index < -0.39 is 12.1 Å². The van der Waals surface area contributed by atoms with Gasteiger partial charge in [0.15, 0.2) is 0 Å². The number of likely N-dealkylation sites (tertiary alicyclic amines) is 1. The molecule has 0 aromatic heterocycles. The van der Waals surface area contributed by atoms with E-state index in [1.807, 2.05) is 0 Å². The molecule has 2 atom stereocenters. The van der Waals surface area contributed by atoms with E-state index in [-0.39, 0.29) is 18.3 Å². The van der Waals surface area contributed by atoms with Crippen molar-refractivity contribution >= 4 is 5.91 Å². The van der Waals surface area contributed by atoms with Gasteiger partial charge in [0.25, 0.3) is 0 Å². The van der Waals surface area contributed by atoms with Crippen LogP contribution < -0.4 is 0 Å². The van der Waals surface area contributed by atoms with E-state index in [0.29, 0.717) is 24.8 Å². The smallest absolute Gasteiger partial charge is 0.224 e. The van der Waals surface area contributed by atoms with Crippen LogP contribution in [0.4, 0.5) is 4.39 Å². The Bertz CT molecular complexity index is 495. The fourth-order valence-electron chi connectivity index (χ4n) is 2.45. The molecule has 1 aromatic carbocycles. The van der Waals surface area contributed by atoms with E-state index in [4.69, 9.17) is 5.26 Å². The minimum Gasteiger partial charge on any atom is -0.394 e. The molecule has 5 heteroatoms. The molecule has 0 spiro atoms. The summed E-state index contributed by atoms with van der Waals surface area (Å²) in [5, 5.41) is 18.7. The van der Waals surface area contributed by atoms with E-state index in [1.54, 1.807) is 0 Å². The van der Waals surface area contributed by atoms with Crippen LogP contribution in [-0.4, -0.2) is 28.6 Å². The number of benzene rings is 1. The van der Waals surface area contributed by atoms with Gasteiger partial charge in [-0.3, -0.25) is 4.79 Å². The number of amides is 1. The van der Waals surface area contributed by atoms with Gasteiger partial charge in [-0.2, -0.15) is 5.26 Å². The van der Waals surface area contributed by atoms with Gasteiger partial charge < -0.3 is 10.0 Å². The number of hydrogen-bond acceptors (Lipinski definition) is 3. The molecule has 1 aliphatic rings. The van der Waals surface area contributed by atoms with E-state index in [2.05, 4.69) is 6.07 Å². The van der Waals surface area contributed by atoms with Crippen LogP contribution in [0.5, 0.6) is 0 Å². The molecule has 4 nitrogen and oxygen atoms in total. The van der Waals surface area contributed by atoms with Crippen LogP contribution in [0, 0.1) is 17.1 Å². The fraction of sp³-hybridized carbons (Fsp3) is 0.429. The molecule has 100 valence electrons. The number of aliphatic hydroxyl groups excluding tert-OH is 1. The molecule has 1 aliphatic heterocycles. The van der Waals surface area contributed by atoms with E-state index in [0.717, 1.165) is 0 Å². The van der Waals surface area contributed by atoms with E-state index >= 15 is 0 Å². The molecule has 0 saturated carbocycles. The number of nitrogens with zero attached hydrogens (tertiary/aromatic N) is 2. The van der Waals surface area contributed by atoms with Crippen molar-refractivity contribution in [1.29, 1.82) is 5.26 Å². The lowest BCUT2D eigenvalue weighted by Crippen LogP contribution is -2.46. The van der Waals surface area contributed by atoms with Crippen LogP contribution >= 0.6 is 0 Å². The Balaban J connectivity index is 2.31. The molecule has 1 aromatic rings. The number of rotatable bonds is 3. The number of nitriles is 1. The van der Waals surface area contributed by atoms with Crippen LogP contribution in [-0.2, 0) is 4.79 Å². The monoisotopic (exact) mass is 262 g/mol. The zero-order valence-corrected chi connectivity index (χ0v) is 10.4. The lowest BCUT2D eigenvalue weighted by Gasteiger charge is -2.37. The number of aliphatic hydroxyl groups is 1. The fourth-order valence-corrected chi connectivity index (χ4v) is 2.45. The van der Waals surface area contributed by atoms with Crippen LogP contribution in [0.3, 0.4) is 0 Å². The van der Waals surface area contributed by atoms with Gasteiger partial charge in [0.05, 0.1) is 18.7 Å². The van der Waals surface area contributed by atoms with Gasteiger partial charge in [-0.25, -0.2) is 4.39 Å². The molecule has 1 heterocycles. The van der Waals surface area contributed by atoms with Crippen molar-refractivity contribution in [2.75, 3.05) is 6.61 Å². The average Bonchev–Trinajstić information content (AvgIpc) is 2.43. The third-order valence-corrected chi connectivity index (χ3v) is 3.40. The normalized spacial score (nSPS) is 21.0. The highest BCUT2D eigenvalue weighted by Gasteiger charge is 2.34. The number of carbonyl (C=O) groups is 1. The molecule has 1 N–H and O–H groups in total. The van der Waals surface area contributed by atoms with E-state index in [1.165, 1.54) is 29.2 Å². The first-order chi connectivity index (χ1) is 9.17. The second-order valence-corrected chi connectivity index (χ2v) is 4.59. The predicted molar refractivity (Wildman–Crippen MR) is 66.3 cm³/mol. The Morgan fingerprint density at radius 2 is 2.16 bits per heavy atom. The predicted octanol–water partition coefficient (Wildman–Crippen LogP) is 1.76. The van der Waals surface area contributed by atoms with Crippen LogP contribution in [0.15, 0.2) is 24.3 Å². The van der Waals surface area contributed by atoms with Crippen molar-refractivity contribution in [3.63, 3.8) is 0 Å². The van der Waals surface area contributed by atoms with E-state index in [9.17, 15) is 14.3 Å². The number of piperidine rings is 1. The molecular weight excluding hydrogens is 247 g/mol. The second kappa shape index (κ2) is 5.81. The minimum absolute atomic E-state index is 0.138. The van der Waals surface area contributed by atoms with Crippen molar-refractivity contribution in [3.05, 3.63) is 35.6 Å². The maximum atomic E-state index is 12.9. The van der Waals surface area contributed by atoms with Crippen molar-refractivity contribution < 1.29 is 14.3 Å². The first-order valence-corrected chi connectivity index (χ1v) is 6.24. The average molecular weight is 262 g/mol. The van der Waals surface area contributed by atoms with Crippen LogP contribution in [0.2, 0.25) is 0 Å². The SMILES string of the molecule is N#CC1CCCC(=O)N1[C@H](CO)c1ccc(F)cc1. The van der Waals surface area contributed by atoms with Gasteiger partial charge in [0.1, 0.15) is 11.9 Å². The summed E-state index contributed by atoms with van der Waals surface area (Å²) in [7, 11) is 0. The quantitative estimate of drug-likeness (QED) is 0.902. The van der Waals surface area contributed by atoms with Gasteiger partial charge in [-0.15, -0.1) is 0 Å². The van der Waals surface area contributed by atoms with Gasteiger partial charge in [-0.05, 0) is 30.5 Å². The lowest BCUT2D eigenvalue weighted by molar-refractivity contribution is -0.139. The first kappa shape index (κ1) is 13.5. The van der Waals surface area contributed by atoms with Crippen LogP contribution in [0.25, 0.3) is 0 Å². The Hall–Kier alpha value is -1.93. The third kappa shape index (κ3) is 2.74. The Morgan fingerprint density at radius 1 is 1.47 bits per heavy atom. The highest BCUT2D eigenvalue weighted by atomic mass is 19.1. The standard InChI is InChI=1S/C14H15FN2O2/c15-11-6-4-10(5-7-11)13(9-18)17-12(8-16)2-1-3-14(17)19/h4-7,12-13,18H,1-3,9H2/t12?,13-/m1/s1. The van der Waals surface area contributed by atoms with Gasteiger partial charge >= 0.3 is 0 Å². The zero-order chi connectivity index (χ0) is 13.8. The molecular formula is C14H15FN2O2. The largest absolute Gasteiger partial charge is 0.394 e.